The Morgan fingerprint density at radius 2 is 1.07 bits per heavy atom. The summed E-state index contributed by atoms with van der Waals surface area (Å²) < 4.78 is 23.3. The number of esters is 1. The van der Waals surface area contributed by atoms with Crippen molar-refractivity contribution in [3.05, 3.63) is 144 Å². The lowest BCUT2D eigenvalue weighted by Gasteiger charge is -2.52. The Hall–Kier alpha value is -6.36. The van der Waals surface area contributed by atoms with E-state index >= 15 is 0 Å². The van der Waals surface area contributed by atoms with Crippen molar-refractivity contribution in [2.75, 3.05) is 13.1 Å². The van der Waals surface area contributed by atoms with Gasteiger partial charge in [0, 0.05) is 39.0 Å². The molecule has 1 fully saturated rings. The van der Waals surface area contributed by atoms with Crippen molar-refractivity contribution in [3.63, 3.8) is 0 Å². The molecule has 1 N–H and O–H groups in total. The van der Waals surface area contributed by atoms with Crippen molar-refractivity contribution in [2.24, 2.45) is 23.7 Å². The van der Waals surface area contributed by atoms with E-state index < -0.39 is 53.5 Å². The van der Waals surface area contributed by atoms with Gasteiger partial charge in [-0.2, -0.15) is 0 Å². The summed E-state index contributed by atoms with van der Waals surface area (Å²) in [6, 6.07) is 36.7. The first kappa shape index (κ1) is 40.3. The molecule has 2 amide bonds. The fraction of sp³-hybridized carbons (Fsp3) is 0.304. The largest absolute Gasteiger partial charge is 0.481 e. The molecule has 4 aromatic carbocycles. The van der Waals surface area contributed by atoms with E-state index in [1.54, 1.807) is 21.9 Å². The summed E-state index contributed by atoms with van der Waals surface area (Å²) in [5.41, 5.74) is 1.63. The van der Waals surface area contributed by atoms with Crippen LogP contribution < -0.4 is 9.47 Å². The zero-order chi connectivity index (χ0) is 40.3. The summed E-state index contributed by atoms with van der Waals surface area (Å²) in [6.45, 7) is 6.17. The molecule has 1 aromatic heterocycles. The van der Waals surface area contributed by atoms with E-state index in [9.17, 15) is 24.3 Å². The van der Waals surface area contributed by atoms with Gasteiger partial charge in [0.1, 0.15) is 28.8 Å². The van der Waals surface area contributed by atoms with Crippen LogP contribution in [0.15, 0.2) is 132 Å². The van der Waals surface area contributed by atoms with Crippen LogP contribution in [-0.2, 0) is 37.0 Å². The fourth-order valence-corrected chi connectivity index (χ4v) is 7.57. The highest BCUT2D eigenvalue weighted by molar-refractivity contribution is 5.95. The van der Waals surface area contributed by atoms with Crippen molar-refractivity contribution in [1.82, 2.24) is 9.80 Å². The highest BCUT2D eigenvalue weighted by Gasteiger charge is 2.65. The first-order valence-electron chi connectivity index (χ1n) is 19.3. The number of ether oxygens (including phenoxy) is 3. The van der Waals surface area contributed by atoms with E-state index in [0.717, 1.165) is 11.1 Å². The monoisotopic (exact) mass is 772 g/mol. The van der Waals surface area contributed by atoms with E-state index in [-0.39, 0.29) is 18.8 Å². The number of carbonyl (C=O) groups is 4. The lowest BCUT2D eigenvalue weighted by Crippen LogP contribution is -2.64. The molecular weight excluding hydrogens is 725 g/mol. The van der Waals surface area contributed by atoms with Gasteiger partial charge in [-0.25, -0.2) is 0 Å². The molecule has 0 aliphatic heterocycles. The summed E-state index contributed by atoms with van der Waals surface area (Å²) in [5.74, 6) is -4.76. The van der Waals surface area contributed by atoms with Gasteiger partial charge in [0.05, 0.1) is 24.0 Å². The Bertz CT molecular complexity index is 2070. The molecule has 57 heavy (non-hydrogen) atoms. The van der Waals surface area contributed by atoms with Crippen LogP contribution >= 0.6 is 0 Å². The van der Waals surface area contributed by atoms with Crippen LogP contribution in [0.2, 0.25) is 0 Å². The van der Waals surface area contributed by atoms with Crippen LogP contribution in [0.5, 0.6) is 23.0 Å². The van der Waals surface area contributed by atoms with Gasteiger partial charge >= 0.3 is 11.9 Å². The third-order valence-electron chi connectivity index (χ3n) is 10.1. The van der Waals surface area contributed by atoms with Gasteiger partial charge in [-0.3, -0.25) is 19.2 Å². The number of amides is 2. The van der Waals surface area contributed by atoms with Crippen molar-refractivity contribution >= 4 is 23.8 Å². The zero-order valence-electron chi connectivity index (χ0n) is 32.4. The third kappa shape index (κ3) is 9.91. The number of benzene rings is 4. The molecule has 5 atom stereocenters. The molecule has 1 unspecified atom stereocenters. The molecule has 1 aliphatic rings. The number of furan rings is 1. The highest BCUT2D eigenvalue weighted by Crippen LogP contribution is 2.55. The minimum Gasteiger partial charge on any atom is -0.481 e. The number of nitrogens with zero attached hydrogens (tertiary/aromatic N) is 2. The van der Waals surface area contributed by atoms with Gasteiger partial charge < -0.3 is 33.5 Å². The van der Waals surface area contributed by atoms with E-state index in [2.05, 4.69) is 0 Å². The Kier molecular flexibility index (Phi) is 13.4. The zero-order valence-corrected chi connectivity index (χ0v) is 32.4. The maximum Gasteiger partial charge on any atom is 0.307 e. The molecule has 0 spiro atoms. The van der Waals surface area contributed by atoms with Crippen LogP contribution in [0.3, 0.4) is 0 Å². The number of carboxylic acid groups (broad SMARTS) is 1. The van der Waals surface area contributed by atoms with Crippen LogP contribution in [-0.4, -0.2) is 51.7 Å². The SMILES string of the molecule is CCCN(Cc1ccc(Oc2ccccc2)cc1)C(=O)[C@H]1[C@@H](C(=O)O)[C@@H](C(OC(C)=O)c2ccco2)[C@@H]1C(=O)N(CCC)Cc1ccc(Oc2ccccc2)cc1. The second-order valence-electron chi connectivity index (χ2n) is 14.2. The molecular formula is C46H48N2O9. The predicted molar refractivity (Wildman–Crippen MR) is 212 cm³/mol. The molecule has 11 nitrogen and oxygen atoms in total. The smallest absolute Gasteiger partial charge is 0.307 e. The molecule has 1 saturated carbocycles. The molecule has 6 rings (SSSR count). The number of rotatable bonds is 18. The quantitative estimate of drug-likeness (QED) is 0.0867. The van der Waals surface area contributed by atoms with Gasteiger partial charge in [-0.05, 0) is 84.6 Å². The van der Waals surface area contributed by atoms with E-state index in [1.165, 1.54) is 13.2 Å². The van der Waals surface area contributed by atoms with Gasteiger partial charge in [-0.15, -0.1) is 0 Å². The number of para-hydroxylation sites is 2. The lowest BCUT2D eigenvalue weighted by atomic mass is 9.53. The molecule has 0 saturated heterocycles. The number of hydrogen-bond donors (Lipinski definition) is 1. The molecule has 1 heterocycles. The lowest BCUT2D eigenvalue weighted by molar-refractivity contribution is -0.196. The Morgan fingerprint density at radius 3 is 1.47 bits per heavy atom. The van der Waals surface area contributed by atoms with Crippen LogP contribution in [0, 0.1) is 23.7 Å². The minimum atomic E-state index is -1.35. The first-order valence-corrected chi connectivity index (χ1v) is 19.3. The maximum atomic E-state index is 15.0. The average Bonchev–Trinajstić information content (AvgIpc) is 3.74. The fourth-order valence-electron chi connectivity index (χ4n) is 7.57. The summed E-state index contributed by atoms with van der Waals surface area (Å²) in [6.07, 6.45) is 1.39. The van der Waals surface area contributed by atoms with Crippen molar-refractivity contribution in [2.45, 2.75) is 52.8 Å². The average molecular weight is 773 g/mol. The van der Waals surface area contributed by atoms with Gasteiger partial charge in [0.25, 0.3) is 0 Å². The molecule has 0 bridgehead atoms. The van der Waals surface area contributed by atoms with Crippen LogP contribution in [0.1, 0.15) is 56.6 Å². The second kappa shape index (κ2) is 19.0. The molecule has 1 aliphatic carbocycles. The second-order valence-corrected chi connectivity index (χ2v) is 14.2. The number of hydrogen-bond acceptors (Lipinski definition) is 8. The summed E-state index contributed by atoms with van der Waals surface area (Å²) in [5, 5.41) is 10.8. The van der Waals surface area contributed by atoms with Crippen molar-refractivity contribution in [1.29, 1.82) is 0 Å². The molecule has 296 valence electrons. The number of aliphatic carboxylic acids is 1. The summed E-state index contributed by atoms with van der Waals surface area (Å²) in [4.78, 5) is 58.7. The molecule has 0 radical (unpaired) electrons. The van der Waals surface area contributed by atoms with Crippen molar-refractivity contribution < 1.29 is 42.9 Å². The molecule has 11 heteroatoms. The Balaban J connectivity index is 1.30. The van der Waals surface area contributed by atoms with Gasteiger partial charge in [-0.1, -0.05) is 74.5 Å². The Labute approximate surface area is 332 Å². The van der Waals surface area contributed by atoms with Gasteiger partial charge in [0.15, 0.2) is 6.10 Å². The maximum absolute atomic E-state index is 15.0. The van der Waals surface area contributed by atoms with Crippen LogP contribution in [0.25, 0.3) is 0 Å². The molecule has 5 aromatic rings. The van der Waals surface area contributed by atoms with E-state index in [4.69, 9.17) is 18.6 Å². The summed E-state index contributed by atoms with van der Waals surface area (Å²) >= 11 is 0. The van der Waals surface area contributed by atoms with E-state index in [1.807, 2.05) is 123 Å². The van der Waals surface area contributed by atoms with E-state index in [0.29, 0.717) is 48.9 Å². The minimum absolute atomic E-state index is 0.189. The normalized spacial score (nSPS) is 17.7. The predicted octanol–water partition coefficient (Wildman–Crippen LogP) is 8.91. The standard InChI is InChI=1S/C46H48N2O9/c1-4-26-47(29-32-18-22-36(23-19-32)56-34-13-8-6-9-14-34)44(50)40-39(43(55-31(3)49)38-17-12-28-54-38)42(46(52)53)41(40)45(51)48(27-5-2)30-33-20-24-37(25-21-33)57-35-15-10-7-11-16-35/h6-25,28,39-43H,4-5,26-27,29-30H2,1-3H3,(H,52,53)/t39-,40-,41+,42-,43?/m0/s1. The summed E-state index contributed by atoms with van der Waals surface area (Å²) in [7, 11) is 0. The number of carbonyl (C=O) groups excluding carboxylic acids is 3. The van der Waals surface area contributed by atoms with Crippen molar-refractivity contribution in [3.8, 4) is 23.0 Å². The van der Waals surface area contributed by atoms with Crippen LogP contribution in [0.4, 0.5) is 0 Å². The van der Waals surface area contributed by atoms with Gasteiger partial charge in [0.2, 0.25) is 11.8 Å². The third-order valence-corrected chi connectivity index (χ3v) is 10.1. The number of carboxylic acids is 1. The highest BCUT2D eigenvalue weighted by atomic mass is 16.6. The first-order chi connectivity index (χ1) is 27.7. The topological polar surface area (TPSA) is 136 Å². The Morgan fingerprint density at radius 1 is 0.614 bits per heavy atom.